The van der Waals surface area contributed by atoms with Gasteiger partial charge in [0.25, 0.3) is 5.91 Å². The smallest absolute Gasteiger partial charge is 0.254 e. The minimum absolute atomic E-state index is 0.215. The van der Waals surface area contributed by atoms with E-state index in [1.807, 2.05) is 0 Å². The van der Waals surface area contributed by atoms with E-state index in [1.54, 1.807) is 0 Å². The number of benzene rings is 2. The van der Waals surface area contributed by atoms with Crippen molar-refractivity contribution in [2.75, 3.05) is 26.2 Å². The molecule has 0 aliphatic carbocycles. The van der Waals surface area contributed by atoms with Gasteiger partial charge in [0.15, 0.2) is 0 Å². The van der Waals surface area contributed by atoms with Crippen LogP contribution in [0.15, 0.2) is 54.6 Å². The standard InChI is InChI=1S/C25H29N3O/c29-25-24-9-8-21(15-22(24)18-28(25)23-7-4-12-26-16-23)20-10-13-27(14-11-20)17-19-5-2-1-3-6-19/h1-3,5-6,8-10,15,23,26H,4,7,11-14,16-18H2. The van der Waals surface area contributed by atoms with Gasteiger partial charge in [-0.1, -0.05) is 42.5 Å². The molecule has 1 amide bonds. The van der Waals surface area contributed by atoms with Crippen molar-refractivity contribution in [3.8, 4) is 0 Å². The fourth-order valence-electron chi connectivity index (χ4n) is 4.90. The third-order valence-electron chi connectivity index (χ3n) is 6.56. The SMILES string of the molecule is O=C1c2ccc(C3=CCN(Cc4ccccc4)CC3)cc2CN1C1CCCNC1. The normalized spacial score (nSPS) is 22.5. The molecular weight excluding hydrogens is 358 g/mol. The van der Waals surface area contributed by atoms with Gasteiger partial charge in [0, 0.05) is 44.3 Å². The molecule has 2 aromatic rings. The van der Waals surface area contributed by atoms with Gasteiger partial charge in [0.05, 0.1) is 0 Å². The van der Waals surface area contributed by atoms with E-state index in [2.05, 4.69) is 69.7 Å². The number of fused-ring (bicyclic) bond motifs is 1. The third kappa shape index (κ3) is 3.87. The van der Waals surface area contributed by atoms with Gasteiger partial charge >= 0.3 is 0 Å². The molecule has 3 aliphatic rings. The van der Waals surface area contributed by atoms with E-state index in [1.165, 1.54) is 22.3 Å². The summed E-state index contributed by atoms with van der Waals surface area (Å²) in [4.78, 5) is 17.5. The monoisotopic (exact) mass is 387 g/mol. The lowest BCUT2D eigenvalue weighted by atomic mass is 9.96. The first-order valence-corrected chi connectivity index (χ1v) is 10.9. The zero-order valence-electron chi connectivity index (χ0n) is 16.9. The molecule has 1 unspecified atom stereocenters. The number of nitrogens with one attached hydrogen (secondary N) is 1. The molecule has 4 heteroatoms. The summed E-state index contributed by atoms with van der Waals surface area (Å²) < 4.78 is 0. The molecule has 0 spiro atoms. The number of nitrogens with zero attached hydrogens (tertiary/aromatic N) is 2. The molecule has 3 heterocycles. The summed E-state index contributed by atoms with van der Waals surface area (Å²) in [5.41, 5.74) is 6.19. The lowest BCUT2D eigenvalue weighted by molar-refractivity contribution is 0.0674. The molecule has 5 rings (SSSR count). The second kappa shape index (κ2) is 8.13. The van der Waals surface area contributed by atoms with Crippen LogP contribution in [0, 0.1) is 0 Å². The quantitative estimate of drug-likeness (QED) is 0.869. The summed E-state index contributed by atoms with van der Waals surface area (Å²) in [7, 11) is 0. The van der Waals surface area contributed by atoms with Crippen molar-refractivity contribution in [2.24, 2.45) is 0 Å². The Morgan fingerprint density at radius 1 is 1.10 bits per heavy atom. The van der Waals surface area contributed by atoms with Crippen molar-refractivity contribution >= 4 is 11.5 Å². The van der Waals surface area contributed by atoms with Crippen LogP contribution in [-0.4, -0.2) is 47.9 Å². The van der Waals surface area contributed by atoms with E-state index in [0.717, 1.165) is 64.1 Å². The van der Waals surface area contributed by atoms with Gasteiger partial charge in [0.1, 0.15) is 0 Å². The lowest BCUT2D eigenvalue weighted by Gasteiger charge is -2.31. The molecule has 150 valence electrons. The first kappa shape index (κ1) is 18.6. The van der Waals surface area contributed by atoms with Crippen LogP contribution in [0.2, 0.25) is 0 Å². The highest BCUT2D eigenvalue weighted by atomic mass is 16.2. The Morgan fingerprint density at radius 2 is 2.00 bits per heavy atom. The Bertz CT molecular complexity index is 915. The minimum Gasteiger partial charge on any atom is -0.330 e. The van der Waals surface area contributed by atoms with E-state index in [4.69, 9.17) is 0 Å². The van der Waals surface area contributed by atoms with Gasteiger partial charge in [0.2, 0.25) is 0 Å². The lowest BCUT2D eigenvalue weighted by Crippen LogP contribution is -2.46. The maximum atomic E-state index is 12.9. The van der Waals surface area contributed by atoms with Crippen LogP contribution in [0.4, 0.5) is 0 Å². The highest BCUT2D eigenvalue weighted by Gasteiger charge is 2.33. The summed E-state index contributed by atoms with van der Waals surface area (Å²) >= 11 is 0. The van der Waals surface area contributed by atoms with Crippen molar-refractivity contribution < 1.29 is 4.79 Å². The fraction of sp³-hybridized carbons (Fsp3) is 0.400. The summed E-state index contributed by atoms with van der Waals surface area (Å²) in [6, 6.07) is 17.5. The summed E-state index contributed by atoms with van der Waals surface area (Å²) in [6.45, 7) is 5.84. The van der Waals surface area contributed by atoms with Gasteiger partial charge in [-0.25, -0.2) is 0 Å². The highest BCUT2D eigenvalue weighted by Crippen LogP contribution is 2.31. The Kier molecular flexibility index (Phi) is 5.21. The van der Waals surface area contributed by atoms with Gasteiger partial charge in [-0.2, -0.15) is 0 Å². The zero-order chi connectivity index (χ0) is 19.6. The van der Waals surface area contributed by atoms with E-state index < -0.39 is 0 Å². The molecule has 1 atom stereocenters. The topological polar surface area (TPSA) is 35.6 Å². The zero-order valence-corrected chi connectivity index (χ0v) is 16.9. The van der Waals surface area contributed by atoms with Crippen molar-refractivity contribution in [1.82, 2.24) is 15.1 Å². The van der Waals surface area contributed by atoms with Crippen LogP contribution in [0.3, 0.4) is 0 Å². The largest absolute Gasteiger partial charge is 0.330 e. The molecular formula is C25H29N3O. The second-order valence-electron chi connectivity index (χ2n) is 8.51. The average molecular weight is 388 g/mol. The van der Waals surface area contributed by atoms with Crippen LogP contribution in [0.25, 0.3) is 5.57 Å². The molecule has 0 bridgehead atoms. The first-order valence-electron chi connectivity index (χ1n) is 10.9. The number of amides is 1. The molecule has 1 saturated heterocycles. The Morgan fingerprint density at radius 3 is 2.76 bits per heavy atom. The molecule has 29 heavy (non-hydrogen) atoms. The van der Waals surface area contributed by atoms with Gasteiger partial charge < -0.3 is 10.2 Å². The summed E-state index contributed by atoms with van der Waals surface area (Å²) in [5, 5.41) is 3.44. The van der Waals surface area contributed by atoms with Crippen LogP contribution in [0.1, 0.15) is 46.3 Å². The first-order chi connectivity index (χ1) is 14.3. The van der Waals surface area contributed by atoms with Crippen LogP contribution in [0.5, 0.6) is 0 Å². The molecule has 1 N–H and O–H groups in total. The van der Waals surface area contributed by atoms with Crippen molar-refractivity contribution in [3.63, 3.8) is 0 Å². The average Bonchev–Trinajstić information content (AvgIpc) is 3.11. The molecule has 2 aromatic carbocycles. The number of rotatable bonds is 4. The van der Waals surface area contributed by atoms with Crippen molar-refractivity contribution in [3.05, 3.63) is 76.9 Å². The molecule has 0 radical (unpaired) electrons. The molecule has 3 aliphatic heterocycles. The number of hydrogen-bond acceptors (Lipinski definition) is 3. The fourth-order valence-corrected chi connectivity index (χ4v) is 4.90. The predicted molar refractivity (Wildman–Crippen MR) is 117 cm³/mol. The van der Waals surface area contributed by atoms with Crippen LogP contribution in [-0.2, 0) is 13.1 Å². The number of carbonyl (C=O) groups is 1. The highest BCUT2D eigenvalue weighted by molar-refractivity contribution is 5.99. The van der Waals surface area contributed by atoms with Gasteiger partial charge in [-0.05, 0) is 60.2 Å². The molecule has 0 aromatic heterocycles. The predicted octanol–water partition coefficient (Wildman–Crippen LogP) is 3.68. The van der Waals surface area contributed by atoms with E-state index >= 15 is 0 Å². The summed E-state index contributed by atoms with van der Waals surface area (Å²) in [5.74, 6) is 0.215. The van der Waals surface area contributed by atoms with E-state index in [0.29, 0.717) is 6.04 Å². The van der Waals surface area contributed by atoms with Crippen LogP contribution < -0.4 is 5.32 Å². The van der Waals surface area contributed by atoms with Crippen LogP contribution >= 0.6 is 0 Å². The Labute approximate surface area is 173 Å². The molecule has 4 nitrogen and oxygen atoms in total. The van der Waals surface area contributed by atoms with Gasteiger partial charge in [-0.3, -0.25) is 9.69 Å². The Hall–Kier alpha value is -2.43. The third-order valence-corrected chi connectivity index (χ3v) is 6.56. The Balaban J connectivity index is 1.27. The van der Waals surface area contributed by atoms with Gasteiger partial charge in [-0.15, -0.1) is 0 Å². The maximum absolute atomic E-state index is 12.9. The molecule has 0 saturated carbocycles. The van der Waals surface area contributed by atoms with Crippen molar-refractivity contribution in [1.29, 1.82) is 0 Å². The van der Waals surface area contributed by atoms with E-state index in [9.17, 15) is 4.79 Å². The molecule has 1 fully saturated rings. The minimum atomic E-state index is 0.215. The van der Waals surface area contributed by atoms with E-state index in [-0.39, 0.29) is 5.91 Å². The maximum Gasteiger partial charge on any atom is 0.254 e. The van der Waals surface area contributed by atoms with Crippen molar-refractivity contribution in [2.45, 2.75) is 38.4 Å². The number of carbonyl (C=O) groups excluding carboxylic acids is 1. The second-order valence-corrected chi connectivity index (χ2v) is 8.51. The summed E-state index contributed by atoms with van der Waals surface area (Å²) in [6.07, 6.45) is 5.70. The number of piperidine rings is 1. The number of hydrogen-bond donors (Lipinski definition) is 1.